The zero-order chi connectivity index (χ0) is 14.6. The van der Waals surface area contributed by atoms with Crippen molar-refractivity contribution in [1.29, 1.82) is 0 Å². The van der Waals surface area contributed by atoms with Gasteiger partial charge in [0.1, 0.15) is 0 Å². The summed E-state index contributed by atoms with van der Waals surface area (Å²) >= 11 is 3.07. The first-order chi connectivity index (χ1) is 8.75. The van der Waals surface area contributed by atoms with E-state index >= 15 is 0 Å². The number of carboxylic acids is 1. The molecule has 0 heterocycles. The number of carbonyl (C=O) groups excluding carboxylic acids is 1. The molecule has 1 aromatic carbocycles. The number of carboxylic acid groups (broad SMARTS) is 1. The molecule has 10 heteroatoms. The summed E-state index contributed by atoms with van der Waals surface area (Å²) in [5.41, 5.74) is -0.461. The molecule has 0 aliphatic rings. The zero-order valence-corrected chi connectivity index (χ0v) is 11.9. The fourth-order valence-corrected chi connectivity index (χ4v) is 2.29. The number of rotatable bonds is 4. The molecule has 1 rings (SSSR count). The van der Waals surface area contributed by atoms with Gasteiger partial charge in [-0.2, -0.15) is 8.42 Å². The van der Waals surface area contributed by atoms with Gasteiger partial charge in [0.2, 0.25) is 0 Å². The number of hydrogen-bond acceptors (Lipinski definition) is 5. The van der Waals surface area contributed by atoms with Crippen molar-refractivity contribution in [1.82, 2.24) is 4.72 Å². The molecule has 0 unspecified atom stereocenters. The van der Waals surface area contributed by atoms with Crippen LogP contribution in [-0.2, 0) is 14.9 Å². The third-order valence-corrected chi connectivity index (χ3v) is 3.28. The van der Waals surface area contributed by atoms with E-state index in [4.69, 9.17) is 5.11 Å². The molecule has 0 spiro atoms. The van der Waals surface area contributed by atoms with Crippen molar-refractivity contribution < 1.29 is 27.9 Å². The van der Waals surface area contributed by atoms with Crippen LogP contribution in [0.4, 0.5) is 10.5 Å². The van der Waals surface area contributed by atoms with Crippen molar-refractivity contribution in [3.05, 3.63) is 28.2 Å². The summed E-state index contributed by atoms with van der Waals surface area (Å²) in [7, 11) is -3.27. The summed E-state index contributed by atoms with van der Waals surface area (Å²) in [6.45, 7) is 0. The third kappa shape index (κ3) is 4.41. The van der Waals surface area contributed by atoms with E-state index in [-0.39, 0.29) is 11.3 Å². The Hall–Kier alpha value is -1.81. The first-order valence-electron chi connectivity index (χ1n) is 4.66. The smallest absolute Gasteiger partial charge is 0.422 e. The van der Waals surface area contributed by atoms with E-state index in [1.165, 1.54) is 22.9 Å². The van der Waals surface area contributed by atoms with E-state index < -0.39 is 22.3 Å². The highest BCUT2D eigenvalue weighted by atomic mass is 79.9. The Morgan fingerprint density at radius 1 is 1.37 bits per heavy atom. The van der Waals surface area contributed by atoms with E-state index in [0.29, 0.717) is 4.47 Å². The maximum absolute atomic E-state index is 11.5. The minimum absolute atomic E-state index is 0.188. The molecule has 0 radical (unpaired) electrons. The van der Waals surface area contributed by atoms with E-state index in [9.17, 15) is 18.0 Å². The molecule has 0 aliphatic carbocycles. The monoisotopic (exact) mass is 352 g/mol. The summed E-state index contributed by atoms with van der Waals surface area (Å²) < 4.78 is 31.0. The molecule has 0 atom stereocenters. The number of methoxy groups -OCH3 is 1. The SMILES string of the molecule is COC(=O)NS(=O)(=O)Nc1ccc(Br)cc1C(=O)O. The van der Waals surface area contributed by atoms with E-state index in [1.807, 2.05) is 4.72 Å². The van der Waals surface area contributed by atoms with Gasteiger partial charge in [-0.05, 0) is 18.2 Å². The van der Waals surface area contributed by atoms with Crippen LogP contribution in [0.2, 0.25) is 0 Å². The Labute approximate surface area is 117 Å². The van der Waals surface area contributed by atoms with Crippen LogP contribution in [0.3, 0.4) is 0 Å². The molecule has 0 saturated heterocycles. The number of anilines is 1. The summed E-state index contributed by atoms with van der Waals surface area (Å²) in [6, 6.07) is 3.91. The highest BCUT2D eigenvalue weighted by molar-refractivity contribution is 9.10. The highest BCUT2D eigenvalue weighted by Gasteiger charge is 2.18. The van der Waals surface area contributed by atoms with Gasteiger partial charge in [-0.15, -0.1) is 0 Å². The van der Waals surface area contributed by atoms with Crippen LogP contribution in [0, 0.1) is 0 Å². The minimum Gasteiger partial charge on any atom is -0.478 e. The molecule has 0 aromatic heterocycles. The van der Waals surface area contributed by atoms with Gasteiger partial charge in [-0.25, -0.2) is 14.3 Å². The number of benzene rings is 1. The van der Waals surface area contributed by atoms with Crippen LogP contribution in [0.15, 0.2) is 22.7 Å². The number of hydrogen-bond donors (Lipinski definition) is 3. The number of halogens is 1. The lowest BCUT2D eigenvalue weighted by Crippen LogP contribution is -2.35. The van der Waals surface area contributed by atoms with Gasteiger partial charge in [0.25, 0.3) is 0 Å². The topological polar surface area (TPSA) is 122 Å². The fraction of sp³-hybridized carbons (Fsp3) is 0.111. The average Bonchev–Trinajstić information content (AvgIpc) is 2.30. The lowest BCUT2D eigenvalue weighted by atomic mass is 10.2. The molecule has 8 nitrogen and oxygen atoms in total. The second-order valence-corrected chi connectivity index (χ2v) is 5.52. The van der Waals surface area contributed by atoms with Gasteiger partial charge in [-0.1, -0.05) is 15.9 Å². The maximum atomic E-state index is 11.5. The van der Waals surface area contributed by atoms with Crippen molar-refractivity contribution in [2.45, 2.75) is 0 Å². The molecular formula is C9H9BrN2O6S. The highest BCUT2D eigenvalue weighted by Crippen LogP contribution is 2.21. The van der Waals surface area contributed by atoms with Gasteiger partial charge in [0, 0.05) is 4.47 Å². The molecular weight excluding hydrogens is 344 g/mol. The molecule has 3 N–H and O–H groups in total. The van der Waals surface area contributed by atoms with Gasteiger partial charge in [0.05, 0.1) is 18.4 Å². The third-order valence-electron chi connectivity index (χ3n) is 1.86. The first-order valence-corrected chi connectivity index (χ1v) is 6.94. The molecule has 0 fully saturated rings. The predicted octanol–water partition coefficient (Wildman–Crippen LogP) is 1.16. The van der Waals surface area contributed by atoms with Crippen molar-refractivity contribution in [3.8, 4) is 0 Å². The standard InChI is InChI=1S/C9H9BrN2O6S/c1-18-9(15)12-19(16,17)11-7-3-2-5(10)4-6(7)8(13)14/h2-4,11H,1H3,(H,12,15)(H,13,14). The van der Waals surface area contributed by atoms with Crippen LogP contribution < -0.4 is 9.44 Å². The number of aromatic carboxylic acids is 1. The molecule has 19 heavy (non-hydrogen) atoms. The van der Waals surface area contributed by atoms with Crippen LogP contribution in [0.5, 0.6) is 0 Å². The molecule has 104 valence electrons. The molecule has 0 saturated carbocycles. The van der Waals surface area contributed by atoms with Crippen LogP contribution in [0.1, 0.15) is 10.4 Å². The number of ether oxygens (including phenoxy) is 1. The van der Waals surface area contributed by atoms with Crippen LogP contribution in [-0.4, -0.2) is 32.7 Å². The summed E-state index contributed by atoms with van der Waals surface area (Å²) in [6.07, 6.45) is -1.19. The van der Waals surface area contributed by atoms with Gasteiger partial charge in [0.15, 0.2) is 0 Å². The Morgan fingerprint density at radius 2 is 2.00 bits per heavy atom. The van der Waals surface area contributed by atoms with E-state index in [2.05, 4.69) is 20.7 Å². The van der Waals surface area contributed by atoms with E-state index in [0.717, 1.165) is 7.11 Å². The zero-order valence-electron chi connectivity index (χ0n) is 9.51. The number of amides is 1. The molecule has 0 aliphatic heterocycles. The Kier molecular flexibility index (Phi) is 4.72. The Bertz CT molecular complexity index is 615. The Morgan fingerprint density at radius 3 is 2.53 bits per heavy atom. The van der Waals surface area contributed by atoms with Crippen molar-refractivity contribution in [2.75, 3.05) is 11.8 Å². The number of carbonyl (C=O) groups is 2. The quantitative estimate of drug-likeness (QED) is 0.747. The van der Waals surface area contributed by atoms with Gasteiger partial charge < -0.3 is 9.84 Å². The average molecular weight is 353 g/mol. The lowest BCUT2D eigenvalue weighted by molar-refractivity contribution is 0.0698. The van der Waals surface area contributed by atoms with Crippen molar-refractivity contribution >= 4 is 43.9 Å². The van der Waals surface area contributed by atoms with Crippen LogP contribution >= 0.6 is 15.9 Å². The number of nitrogens with one attached hydrogen (secondary N) is 2. The predicted molar refractivity (Wildman–Crippen MR) is 69.2 cm³/mol. The maximum Gasteiger partial charge on any atom is 0.422 e. The summed E-state index contributed by atoms with van der Waals surface area (Å²) in [5, 5.41) is 8.95. The summed E-state index contributed by atoms with van der Waals surface area (Å²) in [4.78, 5) is 21.8. The van der Waals surface area contributed by atoms with Gasteiger partial charge in [-0.3, -0.25) is 4.72 Å². The van der Waals surface area contributed by atoms with Crippen molar-refractivity contribution in [2.24, 2.45) is 0 Å². The molecule has 1 amide bonds. The van der Waals surface area contributed by atoms with Crippen molar-refractivity contribution in [3.63, 3.8) is 0 Å². The largest absolute Gasteiger partial charge is 0.478 e. The molecule has 0 bridgehead atoms. The lowest BCUT2D eigenvalue weighted by Gasteiger charge is -2.10. The minimum atomic E-state index is -4.27. The Balaban J connectivity index is 3.06. The molecule has 1 aromatic rings. The summed E-state index contributed by atoms with van der Waals surface area (Å²) in [5.74, 6) is -1.32. The van der Waals surface area contributed by atoms with E-state index in [1.54, 1.807) is 0 Å². The second-order valence-electron chi connectivity index (χ2n) is 3.19. The van der Waals surface area contributed by atoms with Gasteiger partial charge >= 0.3 is 22.3 Å². The van der Waals surface area contributed by atoms with Crippen LogP contribution in [0.25, 0.3) is 0 Å². The fourth-order valence-electron chi connectivity index (χ4n) is 1.10. The normalized spacial score (nSPS) is 10.6. The second kappa shape index (κ2) is 5.89. The first kappa shape index (κ1) is 15.2.